The first kappa shape index (κ1) is 24.4. The SMILES string of the molecule is C[C@@H]1C[C@@H]2C[C@](CN3CCCC3=O)(C1)N2C(=O)Nc1cc(-c2ncc(F)cn2)c(C(F)(F)F)cc1F. The fourth-order valence-electron chi connectivity index (χ4n) is 6.00. The predicted octanol–water partition coefficient (Wildman–Crippen LogP) is 4.84. The molecule has 2 bridgehead atoms. The fourth-order valence-corrected chi connectivity index (χ4v) is 6.00. The van der Waals surface area contributed by atoms with Crippen molar-refractivity contribution in [2.45, 2.75) is 56.8 Å². The number of urea groups is 1. The van der Waals surface area contributed by atoms with Gasteiger partial charge in [0.15, 0.2) is 11.6 Å². The summed E-state index contributed by atoms with van der Waals surface area (Å²) in [6.07, 6.45) is -0.187. The molecule has 2 aromatic rings. The molecule has 12 heteroatoms. The summed E-state index contributed by atoms with van der Waals surface area (Å²) in [6, 6.07) is 0.339. The molecule has 1 aromatic carbocycles. The molecule has 4 aliphatic rings. The zero-order valence-electron chi connectivity index (χ0n) is 19.4. The Labute approximate surface area is 203 Å². The minimum Gasteiger partial charge on any atom is -0.340 e. The third-order valence-corrected chi connectivity index (χ3v) is 7.29. The lowest BCUT2D eigenvalue weighted by Crippen LogP contribution is -2.75. The Kier molecular flexibility index (Phi) is 5.87. The molecule has 4 heterocycles. The summed E-state index contributed by atoms with van der Waals surface area (Å²) >= 11 is 0. The van der Waals surface area contributed by atoms with E-state index in [2.05, 4.69) is 22.2 Å². The maximum atomic E-state index is 14.8. The number of fused-ring (bicyclic) bond motifs is 2. The second kappa shape index (κ2) is 8.67. The van der Waals surface area contributed by atoms with Gasteiger partial charge in [0.1, 0.15) is 5.82 Å². The highest BCUT2D eigenvalue weighted by molar-refractivity contribution is 5.92. The van der Waals surface area contributed by atoms with Crippen molar-refractivity contribution in [2.24, 2.45) is 5.92 Å². The van der Waals surface area contributed by atoms with Gasteiger partial charge in [0, 0.05) is 31.1 Å². The van der Waals surface area contributed by atoms with Crippen LogP contribution in [0, 0.1) is 17.6 Å². The largest absolute Gasteiger partial charge is 0.417 e. The molecular weight excluding hydrogens is 485 g/mol. The number of anilines is 1. The van der Waals surface area contributed by atoms with E-state index in [9.17, 15) is 31.5 Å². The second-order valence-corrected chi connectivity index (χ2v) is 9.95. The average Bonchev–Trinajstić information content (AvgIpc) is 3.18. The van der Waals surface area contributed by atoms with Gasteiger partial charge in [0.2, 0.25) is 5.91 Å². The topological polar surface area (TPSA) is 78.4 Å². The summed E-state index contributed by atoms with van der Waals surface area (Å²) in [5, 5.41) is 2.43. The number of nitrogens with one attached hydrogen (secondary N) is 1. The summed E-state index contributed by atoms with van der Waals surface area (Å²) in [4.78, 5) is 36.1. The Hall–Kier alpha value is -3.31. The number of alkyl halides is 3. The van der Waals surface area contributed by atoms with Gasteiger partial charge in [-0.3, -0.25) is 4.79 Å². The van der Waals surface area contributed by atoms with Gasteiger partial charge in [0.05, 0.1) is 29.2 Å². The second-order valence-electron chi connectivity index (χ2n) is 9.95. The van der Waals surface area contributed by atoms with Gasteiger partial charge in [-0.05, 0) is 43.7 Å². The first-order chi connectivity index (χ1) is 17.0. The molecule has 4 fully saturated rings. The number of nitrogens with zero attached hydrogens (tertiary/aromatic N) is 4. The smallest absolute Gasteiger partial charge is 0.340 e. The molecule has 3 aliphatic heterocycles. The van der Waals surface area contributed by atoms with E-state index < -0.39 is 52.0 Å². The minimum absolute atomic E-state index is 0.0316. The van der Waals surface area contributed by atoms with E-state index in [-0.39, 0.29) is 18.0 Å². The molecule has 0 spiro atoms. The monoisotopic (exact) mass is 509 g/mol. The third kappa shape index (κ3) is 4.26. The standard InChI is InChI=1S/C24H24F5N5O2/c1-13-5-15-9-23(8-13,12-33-4-2-3-20(33)35)34(15)22(36)32-19-6-16(21-30-10-14(25)11-31-21)17(7-18(19)26)24(27,28)29/h6-7,10-11,13,15H,2-5,8-9,12H2,1H3,(H,32,36)/t13-,15-,23+/m1/s1. The number of halogens is 5. The van der Waals surface area contributed by atoms with Crippen LogP contribution < -0.4 is 5.32 Å². The van der Waals surface area contributed by atoms with Crippen LogP contribution in [0.5, 0.6) is 0 Å². The summed E-state index contributed by atoms with van der Waals surface area (Å²) in [7, 11) is 0. The summed E-state index contributed by atoms with van der Waals surface area (Å²) in [5.41, 5.74) is -3.00. The number of rotatable bonds is 4. The molecule has 0 radical (unpaired) electrons. The quantitative estimate of drug-likeness (QED) is 0.599. The van der Waals surface area contributed by atoms with Crippen LogP contribution in [0.1, 0.15) is 44.6 Å². The first-order valence-electron chi connectivity index (χ1n) is 11.7. The molecule has 192 valence electrons. The van der Waals surface area contributed by atoms with Crippen LogP contribution >= 0.6 is 0 Å². The van der Waals surface area contributed by atoms with Crippen LogP contribution in [0.3, 0.4) is 0 Å². The highest BCUT2D eigenvalue weighted by Gasteiger charge is 2.59. The predicted molar refractivity (Wildman–Crippen MR) is 119 cm³/mol. The van der Waals surface area contributed by atoms with Gasteiger partial charge in [-0.2, -0.15) is 13.2 Å². The molecule has 1 N–H and O–H groups in total. The number of piperidine rings is 1. The molecule has 3 amide bonds. The molecule has 1 aromatic heterocycles. The maximum Gasteiger partial charge on any atom is 0.417 e. The number of carbonyl (C=O) groups excluding carboxylic acids is 2. The van der Waals surface area contributed by atoms with Crippen molar-refractivity contribution in [1.29, 1.82) is 0 Å². The Balaban J connectivity index is 1.45. The Bertz CT molecular complexity index is 1200. The van der Waals surface area contributed by atoms with Crippen LogP contribution in [-0.4, -0.2) is 56.4 Å². The molecule has 3 atom stereocenters. The van der Waals surface area contributed by atoms with E-state index in [4.69, 9.17) is 0 Å². The zero-order chi connectivity index (χ0) is 25.8. The first-order valence-corrected chi connectivity index (χ1v) is 11.7. The Morgan fingerprint density at radius 3 is 2.56 bits per heavy atom. The van der Waals surface area contributed by atoms with Crippen molar-refractivity contribution in [2.75, 3.05) is 18.4 Å². The summed E-state index contributed by atoms with van der Waals surface area (Å²) in [5.74, 6) is -2.22. The van der Waals surface area contributed by atoms with E-state index >= 15 is 0 Å². The fraction of sp³-hybridized carbons (Fsp3) is 0.500. The molecule has 36 heavy (non-hydrogen) atoms. The van der Waals surface area contributed by atoms with Gasteiger partial charge in [-0.25, -0.2) is 23.5 Å². The van der Waals surface area contributed by atoms with Crippen molar-refractivity contribution in [3.05, 3.63) is 41.7 Å². The molecule has 1 saturated carbocycles. The molecule has 0 unspecified atom stereocenters. The van der Waals surface area contributed by atoms with Crippen molar-refractivity contribution < 1.29 is 31.5 Å². The number of amides is 3. The van der Waals surface area contributed by atoms with E-state index in [1.54, 1.807) is 9.80 Å². The number of likely N-dealkylation sites (tertiary alicyclic amines) is 1. The van der Waals surface area contributed by atoms with Crippen LogP contribution in [0.15, 0.2) is 24.5 Å². The highest BCUT2D eigenvalue weighted by Crippen LogP contribution is 2.51. The van der Waals surface area contributed by atoms with Crippen LogP contribution in [0.2, 0.25) is 0 Å². The van der Waals surface area contributed by atoms with E-state index in [0.717, 1.165) is 18.9 Å². The number of hydrogen-bond donors (Lipinski definition) is 1. The lowest BCUT2D eigenvalue weighted by atomic mass is 9.64. The van der Waals surface area contributed by atoms with Crippen LogP contribution in [0.4, 0.5) is 32.4 Å². The van der Waals surface area contributed by atoms with E-state index in [1.165, 1.54) is 0 Å². The van der Waals surface area contributed by atoms with Gasteiger partial charge in [-0.1, -0.05) is 6.92 Å². The van der Waals surface area contributed by atoms with Crippen LogP contribution in [-0.2, 0) is 11.0 Å². The molecule has 3 saturated heterocycles. The number of hydrogen-bond acceptors (Lipinski definition) is 4. The Morgan fingerprint density at radius 2 is 1.92 bits per heavy atom. The van der Waals surface area contributed by atoms with Gasteiger partial charge in [0.25, 0.3) is 0 Å². The normalized spacial score (nSPS) is 25.7. The number of carbonyl (C=O) groups is 2. The third-order valence-electron chi connectivity index (χ3n) is 7.29. The lowest BCUT2D eigenvalue weighted by Gasteiger charge is -2.64. The van der Waals surface area contributed by atoms with Gasteiger partial charge in [-0.15, -0.1) is 0 Å². The minimum atomic E-state index is -4.94. The highest BCUT2D eigenvalue weighted by atomic mass is 19.4. The number of aromatic nitrogens is 2. The molecule has 7 nitrogen and oxygen atoms in total. The molecule has 1 aliphatic carbocycles. The molecular formula is C24H24F5N5O2. The lowest BCUT2D eigenvalue weighted by molar-refractivity contribution is -0.138. The average molecular weight is 509 g/mol. The summed E-state index contributed by atoms with van der Waals surface area (Å²) < 4.78 is 68.9. The van der Waals surface area contributed by atoms with Crippen molar-refractivity contribution in [3.63, 3.8) is 0 Å². The number of benzene rings is 1. The van der Waals surface area contributed by atoms with E-state index in [0.29, 0.717) is 50.7 Å². The van der Waals surface area contributed by atoms with E-state index in [1.807, 2.05) is 0 Å². The Morgan fingerprint density at radius 1 is 1.19 bits per heavy atom. The maximum absolute atomic E-state index is 14.8. The van der Waals surface area contributed by atoms with Crippen molar-refractivity contribution in [3.8, 4) is 11.4 Å². The van der Waals surface area contributed by atoms with Crippen molar-refractivity contribution in [1.82, 2.24) is 19.8 Å². The van der Waals surface area contributed by atoms with Gasteiger partial charge < -0.3 is 15.1 Å². The van der Waals surface area contributed by atoms with Gasteiger partial charge >= 0.3 is 12.2 Å². The van der Waals surface area contributed by atoms with Crippen LogP contribution in [0.25, 0.3) is 11.4 Å². The zero-order valence-corrected chi connectivity index (χ0v) is 19.4. The molecule has 6 rings (SSSR count). The summed E-state index contributed by atoms with van der Waals surface area (Å²) in [6.45, 7) is 3.07. The van der Waals surface area contributed by atoms with Crippen molar-refractivity contribution >= 4 is 17.6 Å².